The molecule has 2 N–H and O–H groups in total. The molecule has 2 aromatic rings. The van der Waals surface area contributed by atoms with E-state index >= 15 is 0 Å². The summed E-state index contributed by atoms with van der Waals surface area (Å²) in [6.45, 7) is 4.19. The second-order valence-corrected chi connectivity index (χ2v) is 4.01. The Balaban J connectivity index is 2.52. The van der Waals surface area contributed by atoms with Crippen LogP contribution in [0, 0.1) is 0 Å². The van der Waals surface area contributed by atoms with Crippen LogP contribution in [0.1, 0.15) is 32.4 Å². The van der Waals surface area contributed by atoms with Gasteiger partial charge < -0.3 is 10.2 Å². The molecule has 0 amide bonds. The summed E-state index contributed by atoms with van der Waals surface area (Å²) in [4.78, 5) is 0. The molecule has 0 spiro atoms. The topological polar surface area (TPSA) is 39.2 Å². The van der Waals surface area contributed by atoms with Gasteiger partial charge >= 0.3 is 0 Å². The molecule has 2 heteroatoms. The molecule has 80 valence electrons. The lowest BCUT2D eigenvalue weighted by molar-refractivity contribution is 0.332. The number of para-hydroxylation sites is 1. The molecule has 0 saturated carbocycles. The van der Waals surface area contributed by atoms with Gasteiger partial charge in [-0.2, -0.15) is 0 Å². The van der Waals surface area contributed by atoms with Crippen LogP contribution >= 0.6 is 0 Å². The van der Waals surface area contributed by atoms with Gasteiger partial charge in [-0.1, -0.05) is 32.0 Å². The highest BCUT2D eigenvalue weighted by molar-refractivity contribution is 5.77. The Labute approximate surface area is 90.1 Å². The first-order valence-electron chi connectivity index (χ1n) is 5.47. The molecule has 0 unspecified atom stereocenters. The van der Waals surface area contributed by atoms with Gasteiger partial charge in [-0.15, -0.1) is 0 Å². The van der Waals surface area contributed by atoms with Crippen LogP contribution in [0.3, 0.4) is 0 Å². The van der Waals surface area contributed by atoms with Gasteiger partial charge in [-0.25, -0.2) is 0 Å². The van der Waals surface area contributed by atoms with E-state index in [0.717, 1.165) is 29.6 Å². The quantitative estimate of drug-likeness (QED) is 0.830. The molecule has 2 rings (SSSR count). The predicted octanol–water partition coefficient (Wildman–Crippen LogP) is 3.41. The Hall–Kier alpha value is -1.28. The Morgan fingerprint density at radius 1 is 1.20 bits per heavy atom. The number of hydrogen-bond acceptors (Lipinski definition) is 2. The minimum Gasteiger partial charge on any atom is -0.459 e. The van der Waals surface area contributed by atoms with Crippen LogP contribution in [0.15, 0.2) is 34.7 Å². The standard InChI is InChI=1S/C13H17NO/c1-3-13(14,4-2)12-9-10-7-5-6-8-11(10)15-12/h5-9H,3-4,14H2,1-2H3. The zero-order chi connectivity index (χ0) is 10.9. The van der Waals surface area contributed by atoms with Crippen molar-refractivity contribution in [2.75, 3.05) is 0 Å². The Morgan fingerprint density at radius 2 is 1.87 bits per heavy atom. The average Bonchev–Trinajstić information content (AvgIpc) is 2.72. The molecule has 0 aliphatic heterocycles. The van der Waals surface area contributed by atoms with Gasteiger partial charge in [0, 0.05) is 5.39 Å². The first-order chi connectivity index (χ1) is 7.19. The summed E-state index contributed by atoms with van der Waals surface area (Å²) in [5.74, 6) is 0.897. The summed E-state index contributed by atoms with van der Waals surface area (Å²) < 4.78 is 5.79. The van der Waals surface area contributed by atoms with Crippen molar-refractivity contribution in [3.05, 3.63) is 36.1 Å². The lowest BCUT2D eigenvalue weighted by atomic mass is 9.91. The highest BCUT2D eigenvalue weighted by Crippen LogP contribution is 2.30. The maximum absolute atomic E-state index is 6.29. The molecular formula is C13H17NO. The SMILES string of the molecule is CCC(N)(CC)c1cc2ccccc2o1. The van der Waals surface area contributed by atoms with Crippen LogP contribution in [0.2, 0.25) is 0 Å². The van der Waals surface area contributed by atoms with E-state index in [9.17, 15) is 0 Å². The maximum atomic E-state index is 6.29. The summed E-state index contributed by atoms with van der Waals surface area (Å²) in [6, 6.07) is 10.1. The molecule has 0 radical (unpaired) electrons. The van der Waals surface area contributed by atoms with E-state index in [1.165, 1.54) is 0 Å². The largest absolute Gasteiger partial charge is 0.459 e. The Bertz CT molecular complexity index is 421. The lowest BCUT2D eigenvalue weighted by Crippen LogP contribution is -2.34. The highest BCUT2D eigenvalue weighted by Gasteiger charge is 2.26. The van der Waals surface area contributed by atoms with Crippen LogP contribution < -0.4 is 5.73 Å². The van der Waals surface area contributed by atoms with Crippen molar-refractivity contribution in [1.29, 1.82) is 0 Å². The van der Waals surface area contributed by atoms with E-state index in [2.05, 4.69) is 19.9 Å². The third-order valence-corrected chi connectivity index (χ3v) is 3.18. The summed E-state index contributed by atoms with van der Waals surface area (Å²) >= 11 is 0. The Morgan fingerprint density at radius 3 is 2.47 bits per heavy atom. The number of fused-ring (bicyclic) bond motifs is 1. The van der Waals surface area contributed by atoms with Crippen LogP contribution in [-0.4, -0.2) is 0 Å². The number of furan rings is 1. The van der Waals surface area contributed by atoms with Crippen LogP contribution in [0.25, 0.3) is 11.0 Å². The van der Waals surface area contributed by atoms with E-state index < -0.39 is 0 Å². The fourth-order valence-electron chi connectivity index (χ4n) is 1.83. The van der Waals surface area contributed by atoms with Crippen LogP contribution in [0.4, 0.5) is 0 Å². The molecule has 0 atom stereocenters. The lowest BCUT2D eigenvalue weighted by Gasteiger charge is -2.23. The first kappa shape index (κ1) is 10.2. The van der Waals surface area contributed by atoms with Gasteiger partial charge in [0.25, 0.3) is 0 Å². The van der Waals surface area contributed by atoms with E-state index in [1.807, 2.05) is 24.3 Å². The van der Waals surface area contributed by atoms with Gasteiger partial charge in [-0.05, 0) is 25.0 Å². The van der Waals surface area contributed by atoms with Crippen molar-refractivity contribution < 1.29 is 4.42 Å². The molecule has 0 aliphatic rings. The van der Waals surface area contributed by atoms with Gasteiger partial charge in [0.15, 0.2) is 0 Å². The fraction of sp³-hybridized carbons (Fsp3) is 0.385. The van der Waals surface area contributed by atoms with Gasteiger partial charge in [-0.3, -0.25) is 0 Å². The first-order valence-corrected chi connectivity index (χ1v) is 5.47. The van der Waals surface area contributed by atoms with Gasteiger partial charge in [0.1, 0.15) is 11.3 Å². The molecular weight excluding hydrogens is 186 g/mol. The molecule has 0 bridgehead atoms. The summed E-state index contributed by atoms with van der Waals surface area (Å²) in [7, 11) is 0. The minimum atomic E-state index is -0.320. The van der Waals surface area contributed by atoms with Crippen LogP contribution in [0.5, 0.6) is 0 Å². The Kier molecular flexibility index (Phi) is 2.53. The van der Waals surface area contributed by atoms with Crippen LogP contribution in [-0.2, 0) is 5.54 Å². The predicted molar refractivity (Wildman–Crippen MR) is 62.7 cm³/mol. The molecule has 0 saturated heterocycles. The summed E-state index contributed by atoms with van der Waals surface area (Å²) in [5, 5.41) is 1.13. The number of rotatable bonds is 3. The van der Waals surface area contributed by atoms with Crippen molar-refractivity contribution in [2.45, 2.75) is 32.2 Å². The fourth-order valence-corrected chi connectivity index (χ4v) is 1.83. The molecule has 0 aliphatic carbocycles. The second kappa shape index (κ2) is 3.70. The molecule has 1 aromatic carbocycles. The molecule has 1 aromatic heterocycles. The zero-order valence-electron chi connectivity index (χ0n) is 9.29. The number of nitrogens with two attached hydrogens (primary N) is 1. The number of hydrogen-bond donors (Lipinski definition) is 1. The van der Waals surface area contributed by atoms with Crippen molar-refractivity contribution >= 4 is 11.0 Å². The summed E-state index contributed by atoms with van der Waals surface area (Å²) in [6.07, 6.45) is 1.78. The smallest absolute Gasteiger partial charge is 0.134 e. The maximum Gasteiger partial charge on any atom is 0.134 e. The third kappa shape index (κ3) is 1.65. The van der Waals surface area contributed by atoms with Crippen molar-refractivity contribution in [3.63, 3.8) is 0 Å². The highest BCUT2D eigenvalue weighted by atomic mass is 16.3. The minimum absolute atomic E-state index is 0.320. The third-order valence-electron chi connectivity index (χ3n) is 3.18. The zero-order valence-corrected chi connectivity index (χ0v) is 9.29. The van der Waals surface area contributed by atoms with Crippen molar-refractivity contribution in [2.24, 2.45) is 5.73 Å². The summed E-state index contributed by atoms with van der Waals surface area (Å²) in [5.41, 5.74) is 6.89. The van der Waals surface area contributed by atoms with E-state index in [-0.39, 0.29) is 5.54 Å². The van der Waals surface area contributed by atoms with Gasteiger partial charge in [0.2, 0.25) is 0 Å². The molecule has 15 heavy (non-hydrogen) atoms. The van der Waals surface area contributed by atoms with E-state index in [1.54, 1.807) is 0 Å². The van der Waals surface area contributed by atoms with Crippen molar-refractivity contribution in [1.82, 2.24) is 0 Å². The monoisotopic (exact) mass is 203 g/mol. The number of benzene rings is 1. The second-order valence-electron chi connectivity index (χ2n) is 4.01. The van der Waals surface area contributed by atoms with E-state index in [0.29, 0.717) is 0 Å². The molecule has 1 heterocycles. The normalized spacial score (nSPS) is 12.2. The van der Waals surface area contributed by atoms with Gasteiger partial charge in [0.05, 0.1) is 5.54 Å². The average molecular weight is 203 g/mol. The van der Waals surface area contributed by atoms with Crippen molar-refractivity contribution in [3.8, 4) is 0 Å². The van der Waals surface area contributed by atoms with E-state index in [4.69, 9.17) is 10.2 Å². The molecule has 2 nitrogen and oxygen atoms in total. The molecule has 0 fully saturated rings.